The smallest absolute Gasteiger partial charge is 0.316 e. The maximum Gasteiger partial charge on any atom is 0.316 e. The van der Waals surface area contributed by atoms with Crippen molar-refractivity contribution in [1.82, 2.24) is 25.0 Å². The van der Waals surface area contributed by atoms with Crippen LogP contribution >= 0.6 is 0 Å². The van der Waals surface area contributed by atoms with Crippen LogP contribution in [0.1, 0.15) is 42.6 Å². The number of nitrogens with zero attached hydrogens (tertiary/aromatic N) is 5. The Morgan fingerprint density at radius 2 is 1.94 bits per heavy atom. The summed E-state index contributed by atoms with van der Waals surface area (Å²) < 4.78 is 37.1. The minimum Gasteiger partial charge on any atom is -0.461 e. The number of halogens is 2. The maximum atomic E-state index is 13.3. The number of amides is 1. The Morgan fingerprint density at radius 3 is 2.52 bits per heavy atom. The lowest BCUT2D eigenvalue weighted by atomic mass is 10.0. The van der Waals surface area contributed by atoms with E-state index in [4.69, 9.17) is 9.26 Å². The van der Waals surface area contributed by atoms with Crippen molar-refractivity contribution in [2.24, 2.45) is 0 Å². The van der Waals surface area contributed by atoms with Gasteiger partial charge in [-0.3, -0.25) is 4.79 Å². The molecule has 2 heterocycles. The SMILES string of the molecule is CCN(C(=O)c1ccccc1-c1noc(C)n1)[C@@H](C)COc1ncc(C(C)(F)F)cn1. The third-order valence-electron chi connectivity index (χ3n) is 4.65. The van der Waals surface area contributed by atoms with Gasteiger partial charge in [0.2, 0.25) is 11.7 Å². The molecule has 1 aromatic carbocycles. The second-order valence-electron chi connectivity index (χ2n) is 7.08. The average Bonchev–Trinajstić information content (AvgIpc) is 3.18. The molecule has 0 fully saturated rings. The number of ether oxygens (including phenoxy) is 1. The number of aromatic nitrogens is 4. The summed E-state index contributed by atoms with van der Waals surface area (Å²) in [4.78, 5) is 26.7. The van der Waals surface area contributed by atoms with E-state index in [1.165, 1.54) is 0 Å². The second kappa shape index (κ2) is 9.15. The molecule has 0 unspecified atom stereocenters. The van der Waals surface area contributed by atoms with Crippen LogP contribution < -0.4 is 4.74 Å². The Kier molecular flexibility index (Phi) is 6.57. The summed E-state index contributed by atoms with van der Waals surface area (Å²) in [7, 11) is 0. The number of hydrogen-bond donors (Lipinski definition) is 0. The largest absolute Gasteiger partial charge is 0.461 e. The zero-order valence-corrected chi connectivity index (χ0v) is 17.7. The Morgan fingerprint density at radius 1 is 1.26 bits per heavy atom. The quantitative estimate of drug-likeness (QED) is 0.534. The Balaban J connectivity index is 1.72. The van der Waals surface area contributed by atoms with Gasteiger partial charge in [0.1, 0.15) is 6.61 Å². The van der Waals surface area contributed by atoms with E-state index >= 15 is 0 Å². The first-order valence-electron chi connectivity index (χ1n) is 9.74. The number of rotatable bonds is 8. The molecular formula is C21H23F2N5O3. The van der Waals surface area contributed by atoms with Gasteiger partial charge in [0.05, 0.1) is 17.2 Å². The van der Waals surface area contributed by atoms with Crippen molar-refractivity contribution in [3.63, 3.8) is 0 Å². The second-order valence-corrected chi connectivity index (χ2v) is 7.08. The molecule has 0 radical (unpaired) electrons. The van der Waals surface area contributed by atoms with Gasteiger partial charge < -0.3 is 14.2 Å². The first-order chi connectivity index (χ1) is 14.7. The lowest BCUT2D eigenvalue weighted by Gasteiger charge is -2.28. The minimum atomic E-state index is -3.03. The van der Waals surface area contributed by atoms with Crippen LogP contribution in [0.25, 0.3) is 11.4 Å². The summed E-state index contributed by atoms with van der Waals surface area (Å²) >= 11 is 0. The maximum absolute atomic E-state index is 13.3. The molecule has 3 rings (SSSR count). The van der Waals surface area contributed by atoms with E-state index in [2.05, 4.69) is 20.1 Å². The summed E-state index contributed by atoms with van der Waals surface area (Å²) in [6.45, 7) is 6.62. The van der Waals surface area contributed by atoms with Crippen LogP contribution in [0.4, 0.5) is 8.78 Å². The molecule has 0 saturated heterocycles. The zero-order valence-electron chi connectivity index (χ0n) is 17.7. The molecule has 2 aromatic heterocycles. The van der Waals surface area contributed by atoms with E-state index in [1.807, 2.05) is 13.8 Å². The van der Waals surface area contributed by atoms with Crippen molar-refractivity contribution in [3.05, 3.63) is 53.7 Å². The molecule has 0 saturated carbocycles. The molecule has 0 spiro atoms. The van der Waals surface area contributed by atoms with Gasteiger partial charge in [-0.25, -0.2) is 18.7 Å². The van der Waals surface area contributed by atoms with Crippen LogP contribution in [0.5, 0.6) is 6.01 Å². The van der Waals surface area contributed by atoms with Crippen LogP contribution in [0, 0.1) is 6.92 Å². The highest BCUT2D eigenvalue weighted by molar-refractivity contribution is 6.00. The molecule has 0 aliphatic carbocycles. The first kappa shape index (κ1) is 22.3. The van der Waals surface area contributed by atoms with E-state index in [0.29, 0.717) is 29.4 Å². The monoisotopic (exact) mass is 431 g/mol. The lowest BCUT2D eigenvalue weighted by molar-refractivity contribution is 0.0165. The fourth-order valence-electron chi connectivity index (χ4n) is 2.99. The fraction of sp³-hybridized carbons (Fsp3) is 0.381. The number of aryl methyl sites for hydroxylation is 1. The van der Waals surface area contributed by atoms with E-state index in [0.717, 1.165) is 19.3 Å². The molecule has 1 amide bonds. The number of benzene rings is 1. The van der Waals surface area contributed by atoms with Crippen molar-refractivity contribution in [2.45, 2.75) is 39.7 Å². The molecule has 3 aromatic rings. The van der Waals surface area contributed by atoms with Crippen LogP contribution in [-0.2, 0) is 5.92 Å². The molecule has 0 aliphatic rings. The highest BCUT2D eigenvalue weighted by Crippen LogP contribution is 2.26. The van der Waals surface area contributed by atoms with E-state index in [-0.39, 0.29) is 30.1 Å². The van der Waals surface area contributed by atoms with Gasteiger partial charge in [0.15, 0.2) is 0 Å². The average molecular weight is 431 g/mol. The third kappa shape index (κ3) is 5.19. The summed E-state index contributed by atoms with van der Waals surface area (Å²) in [5.74, 6) is -2.51. The van der Waals surface area contributed by atoms with Gasteiger partial charge in [0.25, 0.3) is 11.8 Å². The molecule has 31 heavy (non-hydrogen) atoms. The highest BCUT2D eigenvalue weighted by Gasteiger charge is 2.26. The summed E-state index contributed by atoms with van der Waals surface area (Å²) in [5.41, 5.74) is 0.699. The van der Waals surface area contributed by atoms with Gasteiger partial charge in [-0.1, -0.05) is 23.4 Å². The Bertz CT molecular complexity index is 1030. The predicted molar refractivity (Wildman–Crippen MR) is 108 cm³/mol. The fourth-order valence-corrected chi connectivity index (χ4v) is 2.99. The molecule has 164 valence electrons. The van der Waals surface area contributed by atoms with E-state index < -0.39 is 5.92 Å². The van der Waals surface area contributed by atoms with Gasteiger partial charge in [0, 0.05) is 38.3 Å². The normalized spacial score (nSPS) is 12.5. The Hall–Kier alpha value is -3.43. The third-order valence-corrected chi connectivity index (χ3v) is 4.65. The predicted octanol–water partition coefficient (Wildman–Crippen LogP) is 3.88. The highest BCUT2D eigenvalue weighted by atomic mass is 19.3. The number of hydrogen-bond acceptors (Lipinski definition) is 7. The zero-order chi connectivity index (χ0) is 22.6. The number of likely N-dealkylation sites (N-methyl/N-ethyl adjacent to an activating group) is 1. The molecule has 0 N–H and O–H groups in total. The lowest BCUT2D eigenvalue weighted by Crippen LogP contribution is -2.42. The van der Waals surface area contributed by atoms with Crippen molar-refractivity contribution >= 4 is 5.91 Å². The molecular weight excluding hydrogens is 408 g/mol. The van der Waals surface area contributed by atoms with Crippen molar-refractivity contribution < 1.29 is 22.8 Å². The van der Waals surface area contributed by atoms with Crippen molar-refractivity contribution in [1.29, 1.82) is 0 Å². The standard InChI is InChI=1S/C21H23F2N5O3/c1-5-28(13(2)12-30-20-24-10-15(11-25-20)21(4,22)23)19(29)17-9-7-6-8-16(17)18-26-14(3)31-27-18/h6-11,13H,5,12H2,1-4H3/t13-/m0/s1. The van der Waals surface area contributed by atoms with Crippen LogP contribution in [0.3, 0.4) is 0 Å². The molecule has 10 heteroatoms. The topological polar surface area (TPSA) is 94.2 Å². The minimum absolute atomic E-state index is 0.0361. The molecule has 8 nitrogen and oxygen atoms in total. The van der Waals surface area contributed by atoms with Crippen molar-refractivity contribution in [3.8, 4) is 17.4 Å². The van der Waals surface area contributed by atoms with Gasteiger partial charge in [-0.15, -0.1) is 0 Å². The van der Waals surface area contributed by atoms with Crippen LogP contribution in [-0.4, -0.2) is 50.1 Å². The van der Waals surface area contributed by atoms with Gasteiger partial charge in [-0.2, -0.15) is 4.98 Å². The number of carbonyl (C=O) groups is 1. The van der Waals surface area contributed by atoms with Gasteiger partial charge in [-0.05, 0) is 19.9 Å². The van der Waals surface area contributed by atoms with E-state index in [1.54, 1.807) is 36.1 Å². The molecule has 0 bridgehead atoms. The summed E-state index contributed by atoms with van der Waals surface area (Å²) in [6.07, 6.45) is 2.05. The number of carbonyl (C=O) groups excluding carboxylic acids is 1. The molecule has 0 aliphatic heterocycles. The molecule has 1 atom stereocenters. The van der Waals surface area contributed by atoms with Crippen LogP contribution in [0.15, 0.2) is 41.2 Å². The van der Waals surface area contributed by atoms with Crippen molar-refractivity contribution in [2.75, 3.05) is 13.2 Å². The first-order valence-corrected chi connectivity index (χ1v) is 9.74. The summed E-state index contributed by atoms with van der Waals surface area (Å²) in [6, 6.07) is 6.64. The van der Waals surface area contributed by atoms with Gasteiger partial charge >= 0.3 is 6.01 Å². The van der Waals surface area contributed by atoms with Crippen LogP contribution in [0.2, 0.25) is 0 Å². The Labute approximate surface area is 178 Å². The summed E-state index contributed by atoms with van der Waals surface area (Å²) in [5, 5.41) is 3.91. The van der Waals surface area contributed by atoms with E-state index in [9.17, 15) is 13.6 Å². The number of alkyl halides is 2.